The van der Waals surface area contributed by atoms with Crippen molar-refractivity contribution in [2.24, 2.45) is 0 Å². The highest BCUT2D eigenvalue weighted by atomic mass is 31.2. The predicted molar refractivity (Wildman–Crippen MR) is 50.6 cm³/mol. The van der Waals surface area contributed by atoms with Crippen LogP contribution in [0.2, 0.25) is 0 Å². The van der Waals surface area contributed by atoms with Crippen LogP contribution in [0.15, 0.2) is 12.1 Å². The van der Waals surface area contributed by atoms with Crippen molar-refractivity contribution in [3.05, 3.63) is 12.1 Å². The monoisotopic (exact) mass is 232 g/mol. The molecule has 0 saturated heterocycles. The molecule has 2 rings (SSSR count). The van der Waals surface area contributed by atoms with E-state index in [-0.39, 0.29) is 11.5 Å². The van der Waals surface area contributed by atoms with Crippen molar-refractivity contribution in [2.75, 3.05) is 14.2 Å². The van der Waals surface area contributed by atoms with Crippen LogP contribution in [0.1, 0.15) is 0 Å². The Morgan fingerprint density at radius 2 is 1.53 bits per heavy atom. The van der Waals surface area contributed by atoms with Crippen LogP contribution >= 0.6 is 7.82 Å². The highest BCUT2D eigenvalue weighted by molar-refractivity contribution is 7.48. The fourth-order valence-electron chi connectivity index (χ4n) is 1.27. The Hall–Kier alpha value is -1.39. The Balaban J connectivity index is 2.57. The third kappa shape index (κ3) is 1.62. The lowest BCUT2D eigenvalue weighted by Gasteiger charge is -2.06. The lowest BCUT2D eigenvalue weighted by molar-refractivity contribution is 0.315. The molecule has 0 unspecified atom stereocenters. The molecule has 0 spiro atoms. The summed E-state index contributed by atoms with van der Waals surface area (Å²) < 4.78 is 30.6. The standard InChI is InChI=1S/C8H9O6P/c1-11-5-3-4-6(12-2)8-7(5)13-15(9,10)14-8/h3-4H,1-2H3,(H,9,10). The summed E-state index contributed by atoms with van der Waals surface area (Å²) in [5, 5.41) is 0. The quantitative estimate of drug-likeness (QED) is 0.780. The third-order valence-electron chi connectivity index (χ3n) is 1.89. The number of benzene rings is 1. The van der Waals surface area contributed by atoms with Gasteiger partial charge in [-0.2, -0.15) is 0 Å². The molecular weight excluding hydrogens is 223 g/mol. The van der Waals surface area contributed by atoms with Crippen molar-refractivity contribution < 1.29 is 28.0 Å². The molecule has 1 aliphatic heterocycles. The van der Waals surface area contributed by atoms with Crippen LogP contribution in [-0.2, 0) is 4.57 Å². The summed E-state index contributed by atoms with van der Waals surface area (Å²) in [6.07, 6.45) is 0. The highest BCUT2D eigenvalue weighted by Gasteiger charge is 2.39. The Kier molecular flexibility index (Phi) is 2.25. The zero-order valence-corrected chi connectivity index (χ0v) is 8.98. The van der Waals surface area contributed by atoms with Gasteiger partial charge in [0.25, 0.3) is 0 Å². The molecule has 0 amide bonds. The first-order valence-electron chi connectivity index (χ1n) is 4.04. The zero-order chi connectivity index (χ0) is 11.1. The molecule has 0 radical (unpaired) electrons. The minimum absolute atomic E-state index is 0.0858. The molecular formula is C8H9O6P. The minimum atomic E-state index is -4.07. The van der Waals surface area contributed by atoms with Crippen molar-refractivity contribution in [1.82, 2.24) is 0 Å². The molecule has 1 aromatic carbocycles. The van der Waals surface area contributed by atoms with E-state index in [0.717, 1.165) is 0 Å². The first-order valence-corrected chi connectivity index (χ1v) is 5.54. The van der Waals surface area contributed by atoms with E-state index in [2.05, 4.69) is 0 Å². The van der Waals surface area contributed by atoms with Crippen molar-refractivity contribution in [3.8, 4) is 23.0 Å². The number of rotatable bonds is 2. The lowest BCUT2D eigenvalue weighted by atomic mass is 10.3. The molecule has 7 heteroatoms. The smallest absolute Gasteiger partial charge is 0.493 e. The van der Waals surface area contributed by atoms with Gasteiger partial charge in [-0.15, -0.1) is 0 Å². The van der Waals surface area contributed by atoms with Gasteiger partial charge in [-0.3, -0.25) is 4.89 Å². The molecule has 1 aliphatic rings. The number of phosphoric ester groups is 1. The highest BCUT2D eigenvalue weighted by Crippen LogP contribution is 2.61. The number of fused-ring (bicyclic) bond motifs is 1. The van der Waals surface area contributed by atoms with E-state index < -0.39 is 7.82 Å². The Bertz CT molecular complexity index is 406. The molecule has 0 aliphatic carbocycles. The molecule has 0 atom stereocenters. The number of methoxy groups -OCH3 is 2. The summed E-state index contributed by atoms with van der Waals surface area (Å²) in [5.41, 5.74) is 0. The largest absolute Gasteiger partial charge is 0.585 e. The number of hydrogen-bond donors (Lipinski definition) is 1. The maximum Gasteiger partial charge on any atom is 0.585 e. The fourth-order valence-corrected chi connectivity index (χ4v) is 2.11. The molecule has 6 nitrogen and oxygen atoms in total. The summed E-state index contributed by atoms with van der Waals surface area (Å²) in [4.78, 5) is 9.16. The molecule has 15 heavy (non-hydrogen) atoms. The van der Waals surface area contributed by atoms with Crippen LogP contribution in [0.4, 0.5) is 0 Å². The van der Waals surface area contributed by atoms with Gasteiger partial charge in [0.1, 0.15) is 0 Å². The predicted octanol–water partition coefficient (Wildman–Crippen LogP) is 1.58. The summed E-state index contributed by atoms with van der Waals surface area (Å²) in [7, 11) is -1.22. The normalized spacial score (nSPS) is 16.2. The van der Waals surface area contributed by atoms with Crippen LogP contribution in [0.25, 0.3) is 0 Å². The maximum atomic E-state index is 11.2. The number of ether oxygens (including phenoxy) is 2. The molecule has 1 N–H and O–H groups in total. The molecule has 0 aromatic heterocycles. The van der Waals surface area contributed by atoms with Gasteiger partial charge < -0.3 is 18.5 Å². The summed E-state index contributed by atoms with van der Waals surface area (Å²) in [6.45, 7) is 0. The van der Waals surface area contributed by atoms with Gasteiger partial charge in [-0.1, -0.05) is 0 Å². The summed E-state index contributed by atoms with van der Waals surface area (Å²) >= 11 is 0. The van der Waals surface area contributed by atoms with E-state index in [1.807, 2.05) is 0 Å². The van der Waals surface area contributed by atoms with Crippen molar-refractivity contribution >= 4 is 7.82 Å². The lowest BCUT2D eigenvalue weighted by Crippen LogP contribution is -1.89. The van der Waals surface area contributed by atoms with Crippen molar-refractivity contribution in [1.29, 1.82) is 0 Å². The maximum absolute atomic E-state index is 11.2. The molecule has 82 valence electrons. The van der Waals surface area contributed by atoms with Gasteiger partial charge in [-0.05, 0) is 12.1 Å². The molecule has 0 saturated carbocycles. The van der Waals surface area contributed by atoms with Gasteiger partial charge in [-0.25, -0.2) is 4.57 Å². The fraction of sp³-hybridized carbons (Fsp3) is 0.250. The Labute approximate surface area is 86.0 Å². The molecule has 0 fully saturated rings. The van der Waals surface area contributed by atoms with Crippen molar-refractivity contribution in [2.45, 2.75) is 0 Å². The Morgan fingerprint density at radius 1 is 1.13 bits per heavy atom. The first kappa shape index (κ1) is 10.1. The Morgan fingerprint density at radius 3 is 1.87 bits per heavy atom. The molecule has 1 aromatic rings. The van der Waals surface area contributed by atoms with E-state index in [0.29, 0.717) is 11.5 Å². The van der Waals surface area contributed by atoms with Crippen LogP contribution in [0.3, 0.4) is 0 Å². The SMILES string of the molecule is COc1ccc(OC)c2c1OP(=O)(O)O2. The molecule has 0 bridgehead atoms. The van der Waals surface area contributed by atoms with E-state index in [4.69, 9.17) is 23.4 Å². The second-order valence-electron chi connectivity index (χ2n) is 2.78. The topological polar surface area (TPSA) is 74.2 Å². The van der Waals surface area contributed by atoms with E-state index in [9.17, 15) is 4.57 Å². The average molecular weight is 232 g/mol. The van der Waals surface area contributed by atoms with Gasteiger partial charge in [0.15, 0.2) is 11.5 Å². The van der Waals surface area contributed by atoms with Gasteiger partial charge in [0.05, 0.1) is 14.2 Å². The summed E-state index contributed by atoms with van der Waals surface area (Å²) in [5.74, 6) is 0.806. The first-order chi connectivity index (χ1) is 7.07. The number of hydrogen-bond acceptors (Lipinski definition) is 5. The number of phosphoric acid groups is 1. The van der Waals surface area contributed by atoms with Gasteiger partial charge >= 0.3 is 7.82 Å². The van der Waals surface area contributed by atoms with Gasteiger partial charge in [0, 0.05) is 0 Å². The van der Waals surface area contributed by atoms with Crippen LogP contribution in [-0.4, -0.2) is 19.1 Å². The second kappa shape index (κ2) is 3.32. The van der Waals surface area contributed by atoms with Gasteiger partial charge in [0.2, 0.25) is 11.5 Å². The second-order valence-corrected chi connectivity index (χ2v) is 4.08. The molecule has 1 heterocycles. The zero-order valence-electron chi connectivity index (χ0n) is 8.09. The van der Waals surface area contributed by atoms with Crippen molar-refractivity contribution in [3.63, 3.8) is 0 Å². The van der Waals surface area contributed by atoms with E-state index in [1.165, 1.54) is 14.2 Å². The summed E-state index contributed by atoms with van der Waals surface area (Å²) in [6, 6.07) is 3.12. The minimum Gasteiger partial charge on any atom is -0.493 e. The van der Waals surface area contributed by atoms with E-state index >= 15 is 0 Å². The van der Waals surface area contributed by atoms with E-state index in [1.54, 1.807) is 12.1 Å². The average Bonchev–Trinajstić information content (AvgIpc) is 2.51. The van der Waals surface area contributed by atoms with Crippen LogP contribution < -0.4 is 18.5 Å². The van der Waals surface area contributed by atoms with Crippen LogP contribution in [0.5, 0.6) is 23.0 Å². The van der Waals surface area contributed by atoms with Crippen LogP contribution in [0, 0.1) is 0 Å². The third-order valence-corrected chi connectivity index (χ3v) is 2.72.